The van der Waals surface area contributed by atoms with Crippen LogP contribution in [0.3, 0.4) is 0 Å². The van der Waals surface area contributed by atoms with E-state index in [2.05, 4.69) is 16.9 Å². The topological polar surface area (TPSA) is 146 Å². The zero-order chi connectivity index (χ0) is 9.42. The van der Waals surface area contributed by atoms with E-state index in [1.807, 2.05) is 19.1 Å². The van der Waals surface area contributed by atoms with Crippen LogP contribution >= 0.6 is 0 Å². The van der Waals surface area contributed by atoms with Gasteiger partial charge in [-0.2, -0.15) is 0 Å². The number of nitrogen functional groups attached to an aromatic ring is 1. The summed E-state index contributed by atoms with van der Waals surface area (Å²) in [6, 6.07) is 5.80. The zero-order valence-corrected chi connectivity index (χ0v) is 9.20. The minimum Gasteiger partial charge on any atom is -0.412 e. The van der Waals surface area contributed by atoms with Gasteiger partial charge in [-0.25, -0.2) is 9.97 Å². The maximum atomic E-state index is 5.57. The molecule has 2 heterocycles. The van der Waals surface area contributed by atoms with Crippen LogP contribution in [0.15, 0.2) is 18.2 Å². The van der Waals surface area contributed by atoms with E-state index in [0.29, 0.717) is 5.82 Å². The standard InChI is InChI=1S/C10H11N3.3H2O/c1-6-5-7(2)12-10-8(6)3-4-9(11)13-10;;;/h3-5H,1-2H3,(H2,11,12,13);3*1H2. The molecule has 0 aliphatic rings. The van der Waals surface area contributed by atoms with Gasteiger partial charge in [0.25, 0.3) is 0 Å². The lowest BCUT2D eigenvalue weighted by Gasteiger charge is -2.02. The van der Waals surface area contributed by atoms with Crippen molar-refractivity contribution in [2.45, 2.75) is 13.8 Å². The van der Waals surface area contributed by atoms with E-state index in [1.165, 1.54) is 5.56 Å². The normalized spacial score (nSPS) is 8.62. The van der Waals surface area contributed by atoms with Crippen molar-refractivity contribution in [1.29, 1.82) is 0 Å². The van der Waals surface area contributed by atoms with Crippen LogP contribution in [0.4, 0.5) is 5.82 Å². The summed E-state index contributed by atoms with van der Waals surface area (Å²) in [7, 11) is 0. The van der Waals surface area contributed by atoms with Crippen LogP contribution in [0.2, 0.25) is 0 Å². The van der Waals surface area contributed by atoms with Crippen LogP contribution in [-0.4, -0.2) is 26.4 Å². The molecule has 6 heteroatoms. The highest BCUT2D eigenvalue weighted by molar-refractivity contribution is 5.80. The van der Waals surface area contributed by atoms with Gasteiger partial charge in [-0.1, -0.05) is 0 Å². The summed E-state index contributed by atoms with van der Waals surface area (Å²) in [6.07, 6.45) is 0. The average molecular weight is 227 g/mol. The van der Waals surface area contributed by atoms with Crippen LogP contribution in [0.1, 0.15) is 11.3 Å². The van der Waals surface area contributed by atoms with Gasteiger partial charge in [0.05, 0.1) is 0 Å². The summed E-state index contributed by atoms with van der Waals surface area (Å²) < 4.78 is 0. The van der Waals surface area contributed by atoms with Crippen LogP contribution in [0.25, 0.3) is 11.0 Å². The molecule has 2 aromatic rings. The Morgan fingerprint density at radius 3 is 2.25 bits per heavy atom. The molecule has 0 fully saturated rings. The largest absolute Gasteiger partial charge is 0.412 e. The van der Waals surface area contributed by atoms with E-state index in [-0.39, 0.29) is 16.4 Å². The number of pyridine rings is 2. The van der Waals surface area contributed by atoms with Gasteiger partial charge in [0, 0.05) is 11.1 Å². The van der Waals surface area contributed by atoms with E-state index in [4.69, 9.17) is 5.73 Å². The first-order valence-corrected chi connectivity index (χ1v) is 4.17. The predicted octanol–water partition coefficient (Wildman–Crippen LogP) is -0.645. The number of aromatic nitrogens is 2. The molecule has 2 aromatic heterocycles. The first kappa shape index (κ1) is 16.7. The zero-order valence-electron chi connectivity index (χ0n) is 9.20. The third-order valence-electron chi connectivity index (χ3n) is 2.03. The highest BCUT2D eigenvalue weighted by Gasteiger charge is 2.01. The highest BCUT2D eigenvalue weighted by Crippen LogP contribution is 2.16. The monoisotopic (exact) mass is 227 g/mol. The van der Waals surface area contributed by atoms with Gasteiger partial charge in [-0.15, -0.1) is 0 Å². The molecule has 0 atom stereocenters. The van der Waals surface area contributed by atoms with E-state index in [9.17, 15) is 0 Å². The van der Waals surface area contributed by atoms with Crippen molar-refractivity contribution in [3.63, 3.8) is 0 Å². The van der Waals surface area contributed by atoms with Gasteiger partial charge < -0.3 is 22.2 Å². The van der Waals surface area contributed by atoms with E-state index in [0.717, 1.165) is 16.7 Å². The Morgan fingerprint density at radius 2 is 1.62 bits per heavy atom. The van der Waals surface area contributed by atoms with Crippen molar-refractivity contribution < 1.29 is 16.4 Å². The maximum absolute atomic E-state index is 5.57. The predicted molar refractivity (Wildman–Crippen MR) is 64.3 cm³/mol. The lowest BCUT2D eigenvalue weighted by atomic mass is 10.1. The second-order valence-corrected chi connectivity index (χ2v) is 3.19. The summed E-state index contributed by atoms with van der Waals surface area (Å²) in [6.45, 7) is 4.01. The summed E-state index contributed by atoms with van der Waals surface area (Å²) in [5.74, 6) is 0.519. The van der Waals surface area contributed by atoms with Gasteiger partial charge in [-0.05, 0) is 37.6 Å². The Balaban J connectivity index is 0. The van der Waals surface area contributed by atoms with Crippen LogP contribution in [-0.2, 0) is 0 Å². The minimum atomic E-state index is 0. The van der Waals surface area contributed by atoms with Crippen molar-refractivity contribution in [3.8, 4) is 0 Å². The number of hydrogen-bond acceptors (Lipinski definition) is 3. The molecule has 0 spiro atoms. The molecule has 0 radical (unpaired) electrons. The van der Waals surface area contributed by atoms with Crippen molar-refractivity contribution in [2.24, 2.45) is 0 Å². The second-order valence-electron chi connectivity index (χ2n) is 3.19. The molecule has 0 saturated carbocycles. The number of rotatable bonds is 0. The number of anilines is 1. The molecule has 0 aliphatic carbocycles. The second kappa shape index (κ2) is 5.96. The molecule has 0 aromatic carbocycles. The quantitative estimate of drug-likeness (QED) is 0.637. The smallest absolute Gasteiger partial charge is 0.161 e. The minimum absolute atomic E-state index is 0. The van der Waals surface area contributed by atoms with Crippen LogP contribution < -0.4 is 5.73 Å². The molecule has 90 valence electrons. The molecular formula is C10H17N3O3. The van der Waals surface area contributed by atoms with Crippen LogP contribution in [0.5, 0.6) is 0 Å². The van der Waals surface area contributed by atoms with E-state index in [1.54, 1.807) is 6.07 Å². The van der Waals surface area contributed by atoms with Crippen LogP contribution in [0, 0.1) is 13.8 Å². The number of hydrogen-bond donors (Lipinski definition) is 1. The maximum Gasteiger partial charge on any atom is 0.161 e. The lowest BCUT2D eigenvalue weighted by Crippen LogP contribution is -1.94. The molecule has 16 heavy (non-hydrogen) atoms. The van der Waals surface area contributed by atoms with Crippen molar-refractivity contribution in [3.05, 3.63) is 29.5 Å². The average Bonchev–Trinajstić information content (AvgIpc) is 2.02. The third-order valence-corrected chi connectivity index (χ3v) is 2.03. The summed E-state index contributed by atoms with van der Waals surface area (Å²) in [5, 5.41) is 1.07. The first-order valence-electron chi connectivity index (χ1n) is 4.17. The molecule has 0 unspecified atom stereocenters. The molecule has 2 rings (SSSR count). The first-order chi connectivity index (χ1) is 6.16. The van der Waals surface area contributed by atoms with Gasteiger partial charge in [0.2, 0.25) is 0 Å². The Kier molecular flexibility index (Phi) is 6.21. The number of aryl methyl sites for hydroxylation is 2. The summed E-state index contributed by atoms with van der Waals surface area (Å²) >= 11 is 0. The Labute approximate surface area is 93.1 Å². The number of nitrogens with two attached hydrogens (primary N) is 1. The number of fused-ring (bicyclic) bond motifs is 1. The fraction of sp³-hybridized carbons (Fsp3) is 0.200. The lowest BCUT2D eigenvalue weighted by molar-refractivity contribution is 0.823. The molecule has 8 N–H and O–H groups in total. The van der Waals surface area contributed by atoms with Gasteiger partial charge in [0.15, 0.2) is 5.65 Å². The molecule has 0 amide bonds. The van der Waals surface area contributed by atoms with Crippen molar-refractivity contribution >= 4 is 16.9 Å². The SMILES string of the molecule is Cc1cc(C)c2ccc(N)nc2n1.O.O.O. The fourth-order valence-corrected chi connectivity index (χ4v) is 1.45. The Hall–Kier alpha value is -1.76. The molecule has 6 nitrogen and oxygen atoms in total. The molecule has 0 aliphatic heterocycles. The molecular weight excluding hydrogens is 210 g/mol. The van der Waals surface area contributed by atoms with Gasteiger partial charge >= 0.3 is 0 Å². The van der Waals surface area contributed by atoms with Gasteiger partial charge in [-0.3, -0.25) is 0 Å². The van der Waals surface area contributed by atoms with E-state index < -0.39 is 0 Å². The fourth-order valence-electron chi connectivity index (χ4n) is 1.45. The van der Waals surface area contributed by atoms with E-state index >= 15 is 0 Å². The van der Waals surface area contributed by atoms with Crippen molar-refractivity contribution in [1.82, 2.24) is 9.97 Å². The summed E-state index contributed by atoms with van der Waals surface area (Å²) in [4.78, 5) is 8.47. The van der Waals surface area contributed by atoms with Crippen molar-refractivity contribution in [2.75, 3.05) is 5.73 Å². The Morgan fingerprint density at radius 1 is 1.00 bits per heavy atom. The summed E-state index contributed by atoms with van der Waals surface area (Å²) in [5.41, 5.74) is 8.47. The Bertz CT molecular complexity index is 469. The highest BCUT2D eigenvalue weighted by atomic mass is 16.0. The third kappa shape index (κ3) is 2.86. The number of nitrogens with zero attached hydrogens (tertiary/aromatic N) is 2. The molecule has 0 saturated heterocycles. The van der Waals surface area contributed by atoms with Gasteiger partial charge in [0.1, 0.15) is 5.82 Å². The molecule has 0 bridgehead atoms.